The maximum atomic E-state index is 11.8. The molecule has 0 unspecified atom stereocenters. The van der Waals surface area contributed by atoms with Crippen molar-refractivity contribution in [3.63, 3.8) is 0 Å². The number of hydrogen-bond acceptors (Lipinski definition) is 2. The summed E-state index contributed by atoms with van der Waals surface area (Å²) in [5.74, 6) is 0.0766. The van der Waals surface area contributed by atoms with Crippen LogP contribution in [0.3, 0.4) is 0 Å². The van der Waals surface area contributed by atoms with Crippen molar-refractivity contribution >= 4 is 22.9 Å². The van der Waals surface area contributed by atoms with Crippen LogP contribution in [0.2, 0.25) is 0 Å². The van der Waals surface area contributed by atoms with Gasteiger partial charge in [0.05, 0.1) is 0 Å². The number of carbonyl (C=O) groups is 1. The third kappa shape index (κ3) is 3.43. The minimum Gasteiger partial charge on any atom is -0.326 e. The van der Waals surface area contributed by atoms with Gasteiger partial charge in [0, 0.05) is 17.0 Å². The van der Waals surface area contributed by atoms with Gasteiger partial charge in [-0.05, 0) is 36.4 Å². The molecule has 3 heteroatoms. The fourth-order valence-corrected chi connectivity index (χ4v) is 2.33. The average molecular weight is 245 g/mol. The van der Waals surface area contributed by atoms with Crippen molar-refractivity contribution in [3.8, 4) is 0 Å². The number of amides is 1. The second-order valence-electron chi connectivity index (χ2n) is 3.94. The number of para-hydroxylation sites is 1. The lowest BCUT2D eigenvalue weighted by atomic mass is 10.2. The molecular formula is C14H15NOS. The van der Waals surface area contributed by atoms with Crippen molar-refractivity contribution in [1.29, 1.82) is 0 Å². The molecule has 1 amide bonds. The fraction of sp³-hybridized carbons (Fsp3) is 0.214. The molecule has 0 saturated carbocycles. The van der Waals surface area contributed by atoms with E-state index in [0.29, 0.717) is 6.42 Å². The van der Waals surface area contributed by atoms with Crippen LogP contribution < -0.4 is 5.32 Å². The minimum atomic E-state index is 0.0766. The molecule has 0 spiro atoms. The van der Waals surface area contributed by atoms with E-state index in [0.717, 1.165) is 17.7 Å². The highest BCUT2D eigenvalue weighted by Crippen LogP contribution is 2.15. The lowest BCUT2D eigenvalue weighted by Gasteiger charge is -2.07. The van der Waals surface area contributed by atoms with Crippen LogP contribution in [0.4, 0.5) is 5.69 Å². The first-order valence-corrected chi connectivity index (χ1v) is 6.51. The van der Waals surface area contributed by atoms with Crippen LogP contribution in [-0.2, 0) is 11.2 Å². The highest BCUT2D eigenvalue weighted by Gasteiger charge is 2.04. The lowest BCUT2D eigenvalue weighted by molar-refractivity contribution is -0.116. The molecule has 1 aromatic heterocycles. The van der Waals surface area contributed by atoms with Crippen molar-refractivity contribution in [2.24, 2.45) is 0 Å². The van der Waals surface area contributed by atoms with Gasteiger partial charge in [-0.15, -0.1) is 11.3 Å². The normalized spacial score (nSPS) is 10.2. The number of hydrogen-bond donors (Lipinski definition) is 1. The Morgan fingerprint density at radius 1 is 1.24 bits per heavy atom. The smallest absolute Gasteiger partial charge is 0.224 e. The van der Waals surface area contributed by atoms with Gasteiger partial charge in [-0.1, -0.05) is 24.3 Å². The SMILES string of the molecule is Cc1ccccc1NC(=O)CCc1cccs1. The van der Waals surface area contributed by atoms with Crippen LogP contribution in [0, 0.1) is 6.92 Å². The molecule has 1 aromatic carbocycles. The topological polar surface area (TPSA) is 29.1 Å². The van der Waals surface area contributed by atoms with E-state index in [1.807, 2.05) is 42.6 Å². The number of anilines is 1. The first-order valence-electron chi connectivity index (χ1n) is 5.63. The number of nitrogens with one attached hydrogen (secondary N) is 1. The Labute approximate surface area is 105 Å². The van der Waals surface area contributed by atoms with E-state index >= 15 is 0 Å². The Morgan fingerprint density at radius 3 is 2.76 bits per heavy atom. The van der Waals surface area contributed by atoms with Gasteiger partial charge < -0.3 is 5.32 Å². The molecule has 0 bridgehead atoms. The van der Waals surface area contributed by atoms with Crippen molar-refractivity contribution in [2.75, 3.05) is 5.32 Å². The predicted molar refractivity (Wildman–Crippen MR) is 72.4 cm³/mol. The summed E-state index contributed by atoms with van der Waals surface area (Å²) >= 11 is 1.69. The van der Waals surface area contributed by atoms with Crippen LogP contribution in [0.25, 0.3) is 0 Å². The third-order valence-corrected chi connectivity index (χ3v) is 3.53. The molecule has 0 aliphatic heterocycles. The first-order chi connectivity index (χ1) is 8.25. The summed E-state index contributed by atoms with van der Waals surface area (Å²) in [6.45, 7) is 1.99. The van der Waals surface area contributed by atoms with Crippen LogP contribution in [-0.4, -0.2) is 5.91 Å². The maximum absolute atomic E-state index is 11.8. The zero-order valence-corrected chi connectivity index (χ0v) is 10.6. The first kappa shape index (κ1) is 11.9. The molecule has 0 aliphatic carbocycles. The second-order valence-corrected chi connectivity index (χ2v) is 4.97. The number of thiophene rings is 1. The van der Waals surface area contributed by atoms with Gasteiger partial charge in [0.2, 0.25) is 5.91 Å². The van der Waals surface area contributed by atoms with Gasteiger partial charge in [0.25, 0.3) is 0 Å². The molecule has 1 N–H and O–H groups in total. The molecule has 2 aromatic rings. The number of carbonyl (C=O) groups excluding carboxylic acids is 1. The summed E-state index contributed by atoms with van der Waals surface area (Å²) < 4.78 is 0. The van der Waals surface area contributed by atoms with Crippen LogP contribution in [0.5, 0.6) is 0 Å². The second kappa shape index (κ2) is 5.64. The van der Waals surface area contributed by atoms with E-state index in [2.05, 4.69) is 11.4 Å². The Balaban J connectivity index is 1.87. The Morgan fingerprint density at radius 2 is 2.06 bits per heavy atom. The quantitative estimate of drug-likeness (QED) is 0.875. The van der Waals surface area contributed by atoms with Gasteiger partial charge >= 0.3 is 0 Å². The molecule has 2 nitrogen and oxygen atoms in total. The maximum Gasteiger partial charge on any atom is 0.224 e. The number of rotatable bonds is 4. The minimum absolute atomic E-state index is 0.0766. The zero-order valence-electron chi connectivity index (χ0n) is 9.77. The average Bonchev–Trinajstić information content (AvgIpc) is 2.82. The highest BCUT2D eigenvalue weighted by atomic mass is 32.1. The van der Waals surface area contributed by atoms with Crippen LogP contribution in [0.1, 0.15) is 16.9 Å². The summed E-state index contributed by atoms with van der Waals surface area (Å²) in [6.07, 6.45) is 1.35. The molecule has 0 saturated heterocycles. The molecular weight excluding hydrogens is 230 g/mol. The summed E-state index contributed by atoms with van der Waals surface area (Å²) in [6, 6.07) is 11.9. The van der Waals surface area contributed by atoms with Crippen molar-refractivity contribution in [2.45, 2.75) is 19.8 Å². The standard InChI is InChI=1S/C14H15NOS/c1-11-5-2-3-7-13(11)15-14(16)9-8-12-6-4-10-17-12/h2-7,10H,8-9H2,1H3,(H,15,16). The van der Waals surface area contributed by atoms with E-state index < -0.39 is 0 Å². The molecule has 2 rings (SSSR count). The fourth-order valence-electron chi connectivity index (χ4n) is 1.62. The lowest BCUT2D eigenvalue weighted by Crippen LogP contribution is -2.12. The number of benzene rings is 1. The van der Waals surface area contributed by atoms with Gasteiger partial charge in [-0.25, -0.2) is 0 Å². The van der Waals surface area contributed by atoms with Gasteiger partial charge in [0.1, 0.15) is 0 Å². The molecule has 1 heterocycles. The molecule has 0 atom stereocenters. The summed E-state index contributed by atoms with van der Waals surface area (Å²) in [7, 11) is 0. The van der Waals surface area contributed by atoms with Crippen molar-refractivity contribution in [1.82, 2.24) is 0 Å². The Hall–Kier alpha value is -1.61. The van der Waals surface area contributed by atoms with E-state index in [-0.39, 0.29) is 5.91 Å². The molecule has 0 aliphatic rings. The molecule has 0 fully saturated rings. The Kier molecular flexibility index (Phi) is 3.94. The summed E-state index contributed by atoms with van der Waals surface area (Å²) in [4.78, 5) is 13.0. The largest absolute Gasteiger partial charge is 0.326 e. The highest BCUT2D eigenvalue weighted by molar-refractivity contribution is 7.09. The van der Waals surface area contributed by atoms with Crippen LogP contribution in [0.15, 0.2) is 41.8 Å². The number of aryl methyl sites for hydroxylation is 2. The van der Waals surface area contributed by atoms with E-state index in [4.69, 9.17) is 0 Å². The Bertz CT molecular complexity index is 491. The van der Waals surface area contributed by atoms with Gasteiger partial charge in [-0.2, -0.15) is 0 Å². The third-order valence-electron chi connectivity index (χ3n) is 2.60. The van der Waals surface area contributed by atoms with Crippen LogP contribution >= 0.6 is 11.3 Å². The monoisotopic (exact) mass is 245 g/mol. The molecule has 0 radical (unpaired) electrons. The summed E-state index contributed by atoms with van der Waals surface area (Å²) in [5.41, 5.74) is 2.00. The predicted octanol–water partition coefficient (Wildman–Crippen LogP) is 3.63. The van der Waals surface area contributed by atoms with E-state index in [1.54, 1.807) is 11.3 Å². The van der Waals surface area contributed by atoms with Gasteiger partial charge in [-0.3, -0.25) is 4.79 Å². The molecule has 88 valence electrons. The van der Waals surface area contributed by atoms with E-state index in [9.17, 15) is 4.79 Å². The zero-order chi connectivity index (χ0) is 12.1. The van der Waals surface area contributed by atoms with Gasteiger partial charge in [0.15, 0.2) is 0 Å². The van der Waals surface area contributed by atoms with Crippen molar-refractivity contribution in [3.05, 3.63) is 52.2 Å². The molecule has 17 heavy (non-hydrogen) atoms. The van der Waals surface area contributed by atoms with E-state index in [1.165, 1.54) is 4.88 Å². The summed E-state index contributed by atoms with van der Waals surface area (Å²) in [5, 5.41) is 4.97. The van der Waals surface area contributed by atoms with Crippen molar-refractivity contribution < 1.29 is 4.79 Å².